The summed E-state index contributed by atoms with van der Waals surface area (Å²) in [6.07, 6.45) is 0.533. The zero-order valence-electron chi connectivity index (χ0n) is 7.45. The molecule has 0 spiro atoms. The molecule has 6 nitrogen and oxygen atoms in total. The molecule has 1 heterocycles. The highest BCUT2D eigenvalue weighted by Gasteiger charge is 2.28. The van der Waals surface area contributed by atoms with Crippen molar-refractivity contribution in [2.24, 2.45) is 10.7 Å². The fraction of sp³-hybridized carbons (Fsp3) is 0.714. The van der Waals surface area contributed by atoms with Crippen LogP contribution in [-0.4, -0.2) is 42.7 Å². The Kier molecular flexibility index (Phi) is 3.07. The zero-order chi connectivity index (χ0) is 9.84. The van der Waals surface area contributed by atoms with Crippen molar-refractivity contribution in [3.8, 4) is 0 Å². The van der Waals surface area contributed by atoms with E-state index in [1.54, 1.807) is 7.05 Å². The second-order valence-corrected chi connectivity index (χ2v) is 2.98. The molecule has 6 heteroatoms. The first kappa shape index (κ1) is 9.79. The van der Waals surface area contributed by atoms with Gasteiger partial charge in [-0.3, -0.25) is 9.79 Å². The summed E-state index contributed by atoms with van der Waals surface area (Å²) in [6.45, 7) is 0.604. The Bertz CT molecular complexity index is 229. The van der Waals surface area contributed by atoms with Crippen LogP contribution < -0.4 is 16.4 Å². The molecule has 0 aromatic rings. The molecule has 5 N–H and O–H groups in total. The quantitative estimate of drug-likeness (QED) is 0.305. The Hall–Kier alpha value is -1.30. The van der Waals surface area contributed by atoms with Crippen molar-refractivity contribution in [2.75, 3.05) is 13.6 Å². The van der Waals surface area contributed by atoms with E-state index >= 15 is 0 Å². The standard InChI is InChI=1S/C7H14N4O2/c1-9-7(8)11-4-2-5(6(12)13)10-3-4/h4-5,10H,2-3H2,1H3,(H,12,13)(H3,8,9,11). The second-order valence-electron chi connectivity index (χ2n) is 2.98. The van der Waals surface area contributed by atoms with E-state index in [0.717, 1.165) is 0 Å². The molecule has 2 atom stereocenters. The molecule has 1 aliphatic rings. The van der Waals surface area contributed by atoms with Crippen LogP contribution in [0.4, 0.5) is 0 Å². The highest BCUT2D eigenvalue weighted by molar-refractivity contribution is 5.78. The summed E-state index contributed by atoms with van der Waals surface area (Å²) in [6, 6.07) is -0.410. The van der Waals surface area contributed by atoms with Crippen molar-refractivity contribution < 1.29 is 9.90 Å². The number of carboxylic acids is 1. The van der Waals surface area contributed by atoms with Gasteiger partial charge in [-0.05, 0) is 6.42 Å². The summed E-state index contributed by atoms with van der Waals surface area (Å²) in [5, 5.41) is 14.4. The topological polar surface area (TPSA) is 99.7 Å². The van der Waals surface area contributed by atoms with Crippen LogP contribution in [0.15, 0.2) is 4.99 Å². The highest BCUT2D eigenvalue weighted by Crippen LogP contribution is 2.05. The van der Waals surface area contributed by atoms with Gasteiger partial charge in [-0.25, -0.2) is 0 Å². The molecule has 0 amide bonds. The maximum atomic E-state index is 10.6. The molecular weight excluding hydrogens is 172 g/mol. The van der Waals surface area contributed by atoms with Crippen LogP contribution in [0.25, 0.3) is 0 Å². The minimum atomic E-state index is -0.823. The SMILES string of the molecule is CN=C(N)NC1CNC(C(=O)O)C1. The van der Waals surface area contributed by atoms with Crippen molar-refractivity contribution in [3.63, 3.8) is 0 Å². The predicted molar refractivity (Wildman–Crippen MR) is 48.5 cm³/mol. The number of guanidine groups is 1. The lowest BCUT2D eigenvalue weighted by atomic mass is 10.2. The summed E-state index contributed by atoms with van der Waals surface area (Å²) in [7, 11) is 1.58. The Balaban J connectivity index is 2.37. The molecule has 1 fully saturated rings. The van der Waals surface area contributed by atoms with Gasteiger partial charge in [-0.15, -0.1) is 0 Å². The van der Waals surface area contributed by atoms with Crippen LogP contribution in [0.2, 0.25) is 0 Å². The van der Waals surface area contributed by atoms with Crippen LogP contribution in [0.3, 0.4) is 0 Å². The molecule has 0 radical (unpaired) electrons. The van der Waals surface area contributed by atoms with Gasteiger partial charge >= 0.3 is 5.97 Å². The molecule has 74 valence electrons. The van der Waals surface area contributed by atoms with Crippen molar-refractivity contribution in [2.45, 2.75) is 18.5 Å². The van der Waals surface area contributed by atoms with Gasteiger partial charge in [0.1, 0.15) is 6.04 Å². The maximum Gasteiger partial charge on any atom is 0.320 e. The Morgan fingerprint density at radius 3 is 2.92 bits per heavy atom. The van der Waals surface area contributed by atoms with E-state index < -0.39 is 12.0 Å². The molecule has 2 unspecified atom stereocenters. The lowest BCUT2D eigenvalue weighted by Gasteiger charge is -2.10. The zero-order valence-corrected chi connectivity index (χ0v) is 7.45. The number of hydrogen-bond donors (Lipinski definition) is 4. The Morgan fingerprint density at radius 2 is 2.46 bits per heavy atom. The summed E-state index contributed by atoms with van der Waals surface area (Å²) >= 11 is 0. The number of rotatable bonds is 2. The number of nitrogens with zero attached hydrogens (tertiary/aromatic N) is 1. The predicted octanol–water partition coefficient (Wildman–Crippen LogP) is -1.66. The minimum absolute atomic E-state index is 0.0600. The van der Waals surface area contributed by atoms with Crippen LogP contribution in [0.5, 0.6) is 0 Å². The van der Waals surface area contributed by atoms with E-state index in [1.165, 1.54) is 0 Å². The summed E-state index contributed by atoms with van der Waals surface area (Å²) in [5.74, 6) is -0.478. The minimum Gasteiger partial charge on any atom is -0.480 e. The highest BCUT2D eigenvalue weighted by atomic mass is 16.4. The normalized spacial score (nSPS) is 28.8. The smallest absolute Gasteiger partial charge is 0.320 e. The molecule has 1 rings (SSSR count). The fourth-order valence-electron chi connectivity index (χ4n) is 1.31. The van der Waals surface area contributed by atoms with Crippen molar-refractivity contribution >= 4 is 11.9 Å². The monoisotopic (exact) mass is 186 g/mol. The molecule has 0 bridgehead atoms. The summed E-state index contributed by atoms with van der Waals surface area (Å²) in [5.41, 5.74) is 5.44. The molecular formula is C7H14N4O2. The van der Waals surface area contributed by atoms with Gasteiger partial charge in [-0.2, -0.15) is 0 Å². The Labute approximate surface area is 76.2 Å². The molecule has 1 saturated heterocycles. The van der Waals surface area contributed by atoms with E-state index in [-0.39, 0.29) is 6.04 Å². The second kappa shape index (κ2) is 4.08. The molecule has 0 aromatic heterocycles. The first-order valence-corrected chi connectivity index (χ1v) is 4.08. The summed E-state index contributed by atoms with van der Waals surface area (Å²) in [4.78, 5) is 14.3. The van der Waals surface area contributed by atoms with Crippen LogP contribution >= 0.6 is 0 Å². The van der Waals surface area contributed by atoms with Gasteiger partial charge < -0.3 is 21.5 Å². The third kappa shape index (κ3) is 2.59. The fourth-order valence-corrected chi connectivity index (χ4v) is 1.31. The average molecular weight is 186 g/mol. The first-order valence-electron chi connectivity index (χ1n) is 4.08. The van der Waals surface area contributed by atoms with Crippen molar-refractivity contribution in [1.82, 2.24) is 10.6 Å². The van der Waals surface area contributed by atoms with E-state index in [1.807, 2.05) is 0 Å². The number of carbonyl (C=O) groups is 1. The van der Waals surface area contributed by atoms with Crippen LogP contribution in [0.1, 0.15) is 6.42 Å². The first-order chi connectivity index (χ1) is 6.13. The van der Waals surface area contributed by atoms with Gasteiger partial charge in [-0.1, -0.05) is 0 Å². The summed E-state index contributed by atoms with van der Waals surface area (Å²) < 4.78 is 0. The third-order valence-corrected chi connectivity index (χ3v) is 2.02. The number of aliphatic imine (C=N–C) groups is 1. The number of nitrogens with two attached hydrogens (primary N) is 1. The van der Waals surface area contributed by atoms with Gasteiger partial charge in [0.25, 0.3) is 0 Å². The lowest BCUT2D eigenvalue weighted by molar-refractivity contribution is -0.139. The van der Waals surface area contributed by atoms with Crippen molar-refractivity contribution in [3.05, 3.63) is 0 Å². The van der Waals surface area contributed by atoms with Gasteiger partial charge in [0.05, 0.1) is 0 Å². The number of nitrogens with one attached hydrogen (secondary N) is 2. The van der Waals surface area contributed by atoms with E-state index in [2.05, 4.69) is 15.6 Å². The number of carboxylic acid groups (broad SMARTS) is 1. The van der Waals surface area contributed by atoms with Gasteiger partial charge in [0.2, 0.25) is 0 Å². The largest absolute Gasteiger partial charge is 0.480 e. The number of aliphatic carboxylic acids is 1. The molecule has 1 aliphatic heterocycles. The van der Waals surface area contributed by atoms with Gasteiger partial charge in [0.15, 0.2) is 5.96 Å². The third-order valence-electron chi connectivity index (χ3n) is 2.02. The van der Waals surface area contributed by atoms with Crippen LogP contribution in [0, 0.1) is 0 Å². The van der Waals surface area contributed by atoms with E-state index in [0.29, 0.717) is 18.9 Å². The van der Waals surface area contributed by atoms with Gasteiger partial charge in [0, 0.05) is 19.6 Å². The average Bonchev–Trinajstić information content (AvgIpc) is 2.52. The molecule has 13 heavy (non-hydrogen) atoms. The molecule has 0 aromatic carbocycles. The molecule has 0 aliphatic carbocycles. The lowest BCUT2D eigenvalue weighted by Crippen LogP contribution is -2.40. The van der Waals surface area contributed by atoms with E-state index in [9.17, 15) is 4.79 Å². The maximum absolute atomic E-state index is 10.6. The van der Waals surface area contributed by atoms with Crippen LogP contribution in [-0.2, 0) is 4.79 Å². The van der Waals surface area contributed by atoms with Crippen molar-refractivity contribution in [1.29, 1.82) is 0 Å². The number of hydrogen-bond acceptors (Lipinski definition) is 3. The Morgan fingerprint density at radius 1 is 1.77 bits per heavy atom. The molecule has 0 saturated carbocycles. The van der Waals surface area contributed by atoms with E-state index in [4.69, 9.17) is 10.8 Å².